The molecule has 0 aliphatic heterocycles. The zero-order valence-electron chi connectivity index (χ0n) is 18.3. The number of aromatic nitrogens is 2. The lowest BCUT2D eigenvalue weighted by atomic mass is 10.1. The minimum Gasteiger partial charge on any atom is -0.483 e. The number of nitrogens with one attached hydrogen (secondary N) is 3. The molecule has 0 aliphatic rings. The molecule has 0 saturated heterocycles. The second-order valence-electron chi connectivity index (χ2n) is 6.91. The summed E-state index contributed by atoms with van der Waals surface area (Å²) in [6.07, 6.45) is 2.41. The fraction of sp³-hybridized carbons (Fsp3) is 0.143. The van der Waals surface area contributed by atoms with E-state index in [-0.39, 0.29) is 40.3 Å². The predicted molar refractivity (Wildman–Crippen MR) is 127 cm³/mol. The Morgan fingerprint density at radius 2 is 1.83 bits per heavy atom. The molecular weight excluding hydrogens is 508 g/mol. The van der Waals surface area contributed by atoms with Gasteiger partial charge in [0.25, 0.3) is 12.4 Å². The van der Waals surface area contributed by atoms with Crippen molar-refractivity contribution in [3.63, 3.8) is 0 Å². The number of benzene rings is 2. The van der Waals surface area contributed by atoms with E-state index < -0.39 is 27.4 Å². The first kappa shape index (κ1) is 27.4. The molecule has 3 rings (SSSR count). The van der Waals surface area contributed by atoms with Gasteiger partial charge in [-0.1, -0.05) is 23.7 Å². The summed E-state index contributed by atoms with van der Waals surface area (Å²) in [6.45, 7) is -0.250. The molecule has 0 fully saturated rings. The summed E-state index contributed by atoms with van der Waals surface area (Å²) in [4.78, 5) is 28.7. The molecule has 10 nitrogen and oxygen atoms in total. The Morgan fingerprint density at radius 1 is 1.17 bits per heavy atom. The number of nitrogens with zero attached hydrogens (tertiary/aromatic N) is 2. The van der Waals surface area contributed by atoms with E-state index >= 15 is 0 Å². The summed E-state index contributed by atoms with van der Waals surface area (Å²) >= 11 is 6.13. The zero-order valence-corrected chi connectivity index (χ0v) is 19.9. The van der Waals surface area contributed by atoms with Crippen LogP contribution in [0.2, 0.25) is 5.02 Å². The van der Waals surface area contributed by atoms with Gasteiger partial charge in [-0.25, -0.2) is 22.2 Å². The Balaban J connectivity index is 0.00000137. The summed E-state index contributed by atoms with van der Waals surface area (Å²) in [5.41, 5.74) is 0.897. The lowest BCUT2D eigenvalue weighted by Gasteiger charge is -2.14. The molecule has 0 atom stereocenters. The monoisotopic (exact) mass is 527 g/mol. The molecule has 14 heteroatoms. The molecule has 0 aliphatic carbocycles. The maximum Gasteiger partial charge on any atom is 0.290 e. The first-order valence-electron chi connectivity index (χ1n) is 9.59. The van der Waals surface area contributed by atoms with Crippen LogP contribution in [0.1, 0.15) is 15.9 Å². The summed E-state index contributed by atoms with van der Waals surface area (Å²) in [7, 11) is -1.86. The van der Waals surface area contributed by atoms with Gasteiger partial charge in [-0.05, 0) is 23.8 Å². The van der Waals surface area contributed by atoms with Gasteiger partial charge in [0.15, 0.2) is 27.3 Å². The van der Waals surface area contributed by atoms with Gasteiger partial charge in [0, 0.05) is 25.1 Å². The van der Waals surface area contributed by atoms with E-state index in [2.05, 4.69) is 25.9 Å². The standard InChI is InChI=1S/C20H18ClF2N5O3S.CH2O2/c1-24-19(29)13-7-15(22)16(23)8-17(13)27-18-14(21)9-25-20(28-18)26-12-5-3-4-11(6-12)10-32(2,30)31;2-1-3/h3-9H,10H2,1-2H3,(H,24,29)(H2,25,26,27,28);1H,(H,2,3). The van der Waals surface area contributed by atoms with Crippen molar-refractivity contribution in [2.45, 2.75) is 5.75 Å². The Labute approximate surface area is 204 Å². The van der Waals surface area contributed by atoms with Crippen molar-refractivity contribution in [2.24, 2.45) is 0 Å². The maximum absolute atomic E-state index is 13.8. The van der Waals surface area contributed by atoms with Gasteiger partial charge < -0.3 is 21.1 Å². The number of hydrogen-bond donors (Lipinski definition) is 4. The van der Waals surface area contributed by atoms with Crippen LogP contribution in [0.15, 0.2) is 42.6 Å². The van der Waals surface area contributed by atoms with E-state index in [9.17, 15) is 22.0 Å². The second-order valence-corrected chi connectivity index (χ2v) is 9.45. The van der Waals surface area contributed by atoms with Crippen LogP contribution in [0.4, 0.5) is 31.9 Å². The largest absolute Gasteiger partial charge is 0.483 e. The number of hydrogen-bond acceptors (Lipinski definition) is 8. The number of anilines is 4. The molecule has 186 valence electrons. The Hall–Kier alpha value is -3.84. The van der Waals surface area contributed by atoms with Gasteiger partial charge in [-0.15, -0.1) is 0 Å². The fourth-order valence-electron chi connectivity index (χ4n) is 2.79. The highest BCUT2D eigenvalue weighted by Gasteiger charge is 2.17. The van der Waals surface area contributed by atoms with Crippen molar-refractivity contribution in [2.75, 3.05) is 23.9 Å². The summed E-state index contributed by atoms with van der Waals surface area (Å²) in [5.74, 6) is -2.98. The topological polar surface area (TPSA) is 150 Å². The first-order valence-corrected chi connectivity index (χ1v) is 12.0. The van der Waals surface area contributed by atoms with Crippen LogP contribution >= 0.6 is 11.6 Å². The van der Waals surface area contributed by atoms with Gasteiger partial charge in [0.1, 0.15) is 5.02 Å². The zero-order chi connectivity index (χ0) is 26.2. The SMILES string of the molecule is CNC(=O)c1cc(F)c(F)cc1Nc1nc(Nc2cccc(CS(C)(=O)=O)c2)ncc1Cl.O=CO. The normalized spacial score (nSPS) is 10.5. The van der Waals surface area contributed by atoms with Crippen LogP contribution in [-0.2, 0) is 20.4 Å². The van der Waals surface area contributed by atoms with Gasteiger partial charge in [0.2, 0.25) is 5.95 Å². The van der Waals surface area contributed by atoms with Gasteiger partial charge in [0.05, 0.1) is 23.2 Å². The fourth-order valence-corrected chi connectivity index (χ4v) is 3.71. The van der Waals surface area contributed by atoms with E-state index in [1.165, 1.54) is 13.2 Å². The quantitative estimate of drug-likeness (QED) is 0.338. The maximum atomic E-state index is 13.8. The van der Waals surface area contributed by atoms with Crippen molar-refractivity contribution in [1.82, 2.24) is 15.3 Å². The third-order valence-corrected chi connectivity index (χ3v) is 5.28. The number of halogens is 3. The van der Waals surface area contributed by atoms with Crippen molar-refractivity contribution in [3.05, 3.63) is 70.4 Å². The second kappa shape index (κ2) is 12.0. The van der Waals surface area contributed by atoms with Gasteiger partial charge >= 0.3 is 0 Å². The van der Waals surface area contributed by atoms with E-state index in [1.807, 2.05) is 0 Å². The molecule has 1 aromatic heterocycles. The van der Waals surface area contributed by atoms with E-state index in [0.29, 0.717) is 11.3 Å². The van der Waals surface area contributed by atoms with Crippen molar-refractivity contribution in [3.8, 4) is 0 Å². The van der Waals surface area contributed by atoms with Crippen LogP contribution in [0.5, 0.6) is 0 Å². The summed E-state index contributed by atoms with van der Waals surface area (Å²) in [5, 5.41) is 14.9. The van der Waals surface area contributed by atoms with Crippen LogP contribution in [0, 0.1) is 11.6 Å². The molecular formula is C21H20ClF2N5O5S. The highest BCUT2D eigenvalue weighted by molar-refractivity contribution is 7.89. The Bertz CT molecular complexity index is 1340. The molecule has 0 unspecified atom stereocenters. The highest BCUT2D eigenvalue weighted by atomic mass is 35.5. The number of rotatable bonds is 7. The van der Waals surface area contributed by atoms with Crippen LogP contribution in [0.3, 0.4) is 0 Å². The van der Waals surface area contributed by atoms with Crippen LogP contribution < -0.4 is 16.0 Å². The van der Waals surface area contributed by atoms with E-state index in [1.54, 1.807) is 24.3 Å². The molecule has 4 N–H and O–H groups in total. The molecule has 1 amide bonds. The number of amides is 1. The van der Waals surface area contributed by atoms with Crippen LogP contribution in [-0.4, -0.2) is 49.2 Å². The molecule has 35 heavy (non-hydrogen) atoms. The van der Waals surface area contributed by atoms with Crippen LogP contribution in [0.25, 0.3) is 0 Å². The van der Waals surface area contributed by atoms with Crippen molar-refractivity contribution < 1.29 is 31.9 Å². The minimum atomic E-state index is -3.21. The third kappa shape index (κ3) is 8.15. The predicted octanol–water partition coefficient (Wildman–Crippen LogP) is 3.50. The summed E-state index contributed by atoms with van der Waals surface area (Å²) in [6, 6.07) is 8.25. The smallest absolute Gasteiger partial charge is 0.290 e. The number of carbonyl (C=O) groups excluding carboxylic acids is 1. The lowest BCUT2D eigenvalue weighted by Crippen LogP contribution is -2.20. The average molecular weight is 528 g/mol. The van der Waals surface area contributed by atoms with E-state index in [0.717, 1.165) is 18.4 Å². The average Bonchev–Trinajstić information content (AvgIpc) is 2.77. The van der Waals surface area contributed by atoms with Gasteiger partial charge in [-0.2, -0.15) is 4.98 Å². The Morgan fingerprint density at radius 3 is 2.46 bits per heavy atom. The van der Waals surface area contributed by atoms with Gasteiger partial charge in [-0.3, -0.25) is 9.59 Å². The Kier molecular flexibility index (Phi) is 9.42. The van der Waals surface area contributed by atoms with Crippen molar-refractivity contribution in [1.29, 1.82) is 0 Å². The number of sulfone groups is 1. The number of carbonyl (C=O) groups is 2. The van der Waals surface area contributed by atoms with Crippen molar-refractivity contribution >= 4 is 57.0 Å². The molecule has 1 heterocycles. The molecule has 3 aromatic rings. The highest BCUT2D eigenvalue weighted by Crippen LogP contribution is 2.28. The molecule has 0 saturated carbocycles. The minimum absolute atomic E-state index is 0.0348. The molecule has 0 spiro atoms. The molecule has 0 radical (unpaired) electrons. The summed E-state index contributed by atoms with van der Waals surface area (Å²) < 4.78 is 50.5. The molecule has 0 bridgehead atoms. The molecule has 2 aromatic carbocycles. The number of carboxylic acid groups (broad SMARTS) is 1. The third-order valence-electron chi connectivity index (χ3n) is 4.14. The lowest BCUT2D eigenvalue weighted by molar-refractivity contribution is -0.122. The first-order chi connectivity index (χ1) is 16.5. The van der Waals surface area contributed by atoms with E-state index in [4.69, 9.17) is 21.5 Å².